The SMILES string of the molecule is COc1ccc(NC(=O)c2cnc(N(C)Cc3ccccc3)nc2N)cc1. The molecule has 1 aromatic heterocycles. The van der Waals surface area contributed by atoms with E-state index < -0.39 is 0 Å². The Balaban J connectivity index is 1.70. The number of aromatic nitrogens is 2. The first-order chi connectivity index (χ1) is 13.1. The molecule has 27 heavy (non-hydrogen) atoms. The van der Waals surface area contributed by atoms with Gasteiger partial charge in [0.05, 0.1) is 7.11 Å². The number of amides is 1. The van der Waals surface area contributed by atoms with Crippen LogP contribution >= 0.6 is 0 Å². The average Bonchev–Trinajstić information content (AvgIpc) is 2.69. The Hall–Kier alpha value is -3.61. The van der Waals surface area contributed by atoms with Gasteiger partial charge in [-0.15, -0.1) is 0 Å². The van der Waals surface area contributed by atoms with Gasteiger partial charge in [0.15, 0.2) is 0 Å². The smallest absolute Gasteiger partial charge is 0.260 e. The molecule has 0 aliphatic carbocycles. The molecule has 0 aliphatic heterocycles. The van der Waals surface area contributed by atoms with E-state index in [0.29, 0.717) is 23.9 Å². The van der Waals surface area contributed by atoms with Crippen LogP contribution in [0.5, 0.6) is 5.75 Å². The molecule has 1 heterocycles. The predicted molar refractivity (Wildman–Crippen MR) is 106 cm³/mol. The zero-order chi connectivity index (χ0) is 19.2. The number of carbonyl (C=O) groups is 1. The van der Waals surface area contributed by atoms with Crippen molar-refractivity contribution in [3.63, 3.8) is 0 Å². The lowest BCUT2D eigenvalue weighted by Crippen LogP contribution is -2.21. The van der Waals surface area contributed by atoms with Crippen molar-refractivity contribution < 1.29 is 9.53 Å². The van der Waals surface area contributed by atoms with Crippen LogP contribution in [0.1, 0.15) is 15.9 Å². The van der Waals surface area contributed by atoms with Gasteiger partial charge in [0, 0.05) is 25.5 Å². The summed E-state index contributed by atoms with van der Waals surface area (Å²) in [7, 11) is 3.46. The van der Waals surface area contributed by atoms with Gasteiger partial charge in [0.1, 0.15) is 17.1 Å². The monoisotopic (exact) mass is 363 g/mol. The largest absolute Gasteiger partial charge is 0.497 e. The van der Waals surface area contributed by atoms with Crippen LogP contribution in [-0.4, -0.2) is 30.0 Å². The number of methoxy groups -OCH3 is 1. The number of anilines is 3. The van der Waals surface area contributed by atoms with E-state index in [1.54, 1.807) is 31.4 Å². The molecule has 0 saturated heterocycles. The molecule has 0 fully saturated rings. The topological polar surface area (TPSA) is 93.4 Å². The highest BCUT2D eigenvalue weighted by Crippen LogP contribution is 2.18. The van der Waals surface area contributed by atoms with Crippen LogP contribution in [0, 0.1) is 0 Å². The number of benzene rings is 2. The van der Waals surface area contributed by atoms with E-state index in [9.17, 15) is 4.79 Å². The van der Waals surface area contributed by atoms with Crippen LogP contribution in [-0.2, 0) is 6.54 Å². The second kappa shape index (κ2) is 8.18. The van der Waals surface area contributed by atoms with E-state index in [2.05, 4.69) is 15.3 Å². The number of nitrogens with zero attached hydrogens (tertiary/aromatic N) is 3. The summed E-state index contributed by atoms with van der Waals surface area (Å²) in [6.45, 7) is 0.637. The Kier molecular flexibility index (Phi) is 5.51. The molecule has 3 aromatic rings. The molecule has 1 amide bonds. The molecule has 0 aliphatic rings. The first-order valence-electron chi connectivity index (χ1n) is 8.40. The van der Waals surface area contributed by atoms with Crippen LogP contribution in [0.2, 0.25) is 0 Å². The van der Waals surface area contributed by atoms with Crippen molar-refractivity contribution in [2.24, 2.45) is 0 Å². The van der Waals surface area contributed by atoms with Gasteiger partial charge in [0.2, 0.25) is 5.95 Å². The van der Waals surface area contributed by atoms with E-state index in [4.69, 9.17) is 10.5 Å². The van der Waals surface area contributed by atoms with Gasteiger partial charge in [-0.2, -0.15) is 4.98 Å². The number of carbonyl (C=O) groups excluding carboxylic acids is 1. The molecular weight excluding hydrogens is 342 g/mol. The molecule has 0 unspecified atom stereocenters. The van der Waals surface area contributed by atoms with Crippen molar-refractivity contribution in [3.8, 4) is 5.75 Å². The standard InChI is InChI=1S/C20H21N5O2/c1-25(13-14-6-4-3-5-7-14)20-22-12-17(18(21)24-20)19(26)23-15-8-10-16(27-2)11-9-15/h3-12H,13H2,1-2H3,(H,23,26)(H2,21,22,24). The second-order valence-electron chi connectivity index (χ2n) is 5.99. The Bertz CT molecular complexity index is 913. The lowest BCUT2D eigenvalue weighted by molar-refractivity contribution is 0.102. The average molecular weight is 363 g/mol. The summed E-state index contributed by atoms with van der Waals surface area (Å²) < 4.78 is 5.10. The maximum absolute atomic E-state index is 12.4. The van der Waals surface area contributed by atoms with Gasteiger partial charge in [-0.3, -0.25) is 4.79 Å². The highest BCUT2D eigenvalue weighted by Gasteiger charge is 2.15. The van der Waals surface area contributed by atoms with E-state index in [-0.39, 0.29) is 17.3 Å². The molecule has 0 spiro atoms. The third-order valence-electron chi connectivity index (χ3n) is 4.00. The minimum Gasteiger partial charge on any atom is -0.497 e. The van der Waals surface area contributed by atoms with E-state index in [1.165, 1.54) is 6.20 Å². The minimum atomic E-state index is -0.366. The summed E-state index contributed by atoms with van der Waals surface area (Å²) in [6.07, 6.45) is 1.44. The van der Waals surface area contributed by atoms with E-state index in [1.807, 2.05) is 42.3 Å². The van der Waals surface area contributed by atoms with Crippen molar-refractivity contribution in [1.82, 2.24) is 9.97 Å². The fourth-order valence-electron chi connectivity index (χ4n) is 2.54. The van der Waals surface area contributed by atoms with Crippen molar-refractivity contribution in [1.29, 1.82) is 0 Å². The van der Waals surface area contributed by atoms with Crippen LogP contribution in [0.3, 0.4) is 0 Å². The molecule has 0 saturated carbocycles. The van der Waals surface area contributed by atoms with Crippen molar-refractivity contribution in [2.75, 3.05) is 30.1 Å². The maximum Gasteiger partial charge on any atom is 0.260 e. The Morgan fingerprint density at radius 1 is 1.15 bits per heavy atom. The highest BCUT2D eigenvalue weighted by molar-refractivity contribution is 6.07. The summed E-state index contributed by atoms with van der Waals surface area (Å²) in [6, 6.07) is 17.0. The summed E-state index contributed by atoms with van der Waals surface area (Å²) in [5.74, 6) is 0.930. The molecule has 0 bridgehead atoms. The number of nitrogens with one attached hydrogen (secondary N) is 1. The summed E-state index contributed by atoms with van der Waals surface area (Å²) in [5.41, 5.74) is 7.98. The molecule has 7 nitrogen and oxygen atoms in total. The highest BCUT2D eigenvalue weighted by atomic mass is 16.5. The van der Waals surface area contributed by atoms with E-state index >= 15 is 0 Å². The van der Waals surface area contributed by atoms with Gasteiger partial charge in [-0.1, -0.05) is 30.3 Å². The number of ether oxygens (including phenoxy) is 1. The van der Waals surface area contributed by atoms with Crippen LogP contribution in [0.25, 0.3) is 0 Å². The first-order valence-corrected chi connectivity index (χ1v) is 8.40. The van der Waals surface area contributed by atoms with Crippen molar-refractivity contribution in [3.05, 3.63) is 71.9 Å². The summed E-state index contributed by atoms with van der Waals surface area (Å²) in [5, 5.41) is 2.77. The molecule has 0 atom stereocenters. The van der Waals surface area contributed by atoms with Crippen LogP contribution in [0.15, 0.2) is 60.8 Å². The summed E-state index contributed by atoms with van der Waals surface area (Å²) >= 11 is 0. The van der Waals surface area contributed by atoms with Gasteiger partial charge < -0.3 is 20.7 Å². The molecule has 138 valence electrons. The number of nitrogen functional groups attached to an aromatic ring is 1. The molecule has 2 aromatic carbocycles. The zero-order valence-corrected chi connectivity index (χ0v) is 15.2. The number of hydrogen-bond acceptors (Lipinski definition) is 6. The fourth-order valence-corrected chi connectivity index (χ4v) is 2.54. The number of nitrogens with two attached hydrogens (primary N) is 1. The molecule has 3 rings (SSSR count). The maximum atomic E-state index is 12.4. The molecule has 7 heteroatoms. The van der Waals surface area contributed by atoms with Gasteiger partial charge in [0.25, 0.3) is 5.91 Å². The summed E-state index contributed by atoms with van der Waals surface area (Å²) in [4.78, 5) is 22.9. The Labute approximate surface area is 157 Å². The third-order valence-corrected chi connectivity index (χ3v) is 4.00. The Morgan fingerprint density at radius 2 is 1.85 bits per heavy atom. The predicted octanol–water partition coefficient (Wildman–Crippen LogP) is 2.96. The quantitative estimate of drug-likeness (QED) is 0.699. The Morgan fingerprint density at radius 3 is 2.48 bits per heavy atom. The lowest BCUT2D eigenvalue weighted by atomic mass is 10.2. The second-order valence-corrected chi connectivity index (χ2v) is 5.99. The van der Waals surface area contributed by atoms with Gasteiger partial charge in [-0.05, 0) is 29.8 Å². The van der Waals surface area contributed by atoms with Crippen molar-refractivity contribution in [2.45, 2.75) is 6.54 Å². The third kappa shape index (κ3) is 4.52. The lowest BCUT2D eigenvalue weighted by Gasteiger charge is -2.18. The van der Waals surface area contributed by atoms with Crippen LogP contribution in [0.4, 0.5) is 17.5 Å². The van der Waals surface area contributed by atoms with Gasteiger partial charge >= 0.3 is 0 Å². The van der Waals surface area contributed by atoms with Crippen LogP contribution < -0.4 is 20.7 Å². The molecule has 0 radical (unpaired) electrons. The number of rotatable bonds is 6. The van der Waals surface area contributed by atoms with Gasteiger partial charge in [-0.25, -0.2) is 4.98 Å². The molecular formula is C20H21N5O2. The fraction of sp³-hybridized carbons (Fsp3) is 0.150. The van der Waals surface area contributed by atoms with Crippen molar-refractivity contribution >= 4 is 23.4 Å². The molecule has 3 N–H and O–H groups in total. The zero-order valence-electron chi connectivity index (χ0n) is 15.2. The first kappa shape index (κ1) is 18.2. The van der Waals surface area contributed by atoms with E-state index in [0.717, 1.165) is 5.56 Å². The number of hydrogen-bond donors (Lipinski definition) is 2. The minimum absolute atomic E-state index is 0.130. The normalized spacial score (nSPS) is 10.3.